The third-order valence-corrected chi connectivity index (χ3v) is 4.13. The molecular weight excluding hydrogens is 322 g/mol. The highest BCUT2D eigenvalue weighted by Crippen LogP contribution is 2.25. The van der Waals surface area contributed by atoms with Gasteiger partial charge in [-0.25, -0.2) is 0 Å². The van der Waals surface area contributed by atoms with Crippen LogP contribution in [0.15, 0.2) is 59.5 Å². The first-order chi connectivity index (χ1) is 11.7. The zero-order valence-corrected chi connectivity index (χ0v) is 14.0. The average molecular weight is 339 g/mol. The standard InChI is InChI=1S/C17H17N5OS/c1-23-13-8-5-9-14(10-13)24-11-15-20-16(18)22-17(21-15)19-12-6-3-2-4-7-12/h2-10H,11H2,1H3,(H3,18,19,20,21,22). The number of para-hydroxylation sites is 1. The summed E-state index contributed by atoms with van der Waals surface area (Å²) < 4.78 is 5.23. The van der Waals surface area contributed by atoms with Crippen molar-refractivity contribution in [3.8, 4) is 5.75 Å². The van der Waals surface area contributed by atoms with Gasteiger partial charge in [-0.3, -0.25) is 0 Å². The van der Waals surface area contributed by atoms with Crippen LogP contribution in [0.1, 0.15) is 5.82 Å². The van der Waals surface area contributed by atoms with Crippen molar-refractivity contribution in [1.29, 1.82) is 0 Å². The SMILES string of the molecule is COc1cccc(SCc2nc(N)nc(Nc3ccccc3)n2)c1. The second-order valence-corrected chi connectivity index (χ2v) is 5.94. The third kappa shape index (κ3) is 4.36. The number of hydrogen-bond donors (Lipinski definition) is 2. The van der Waals surface area contributed by atoms with E-state index in [-0.39, 0.29) is 5.95 Å². The van der Waals surface area contributed by atoms with Crippen LogP contribution in [0.2, 0.25) is 0 Å². The maximum Gasteiger partial charge on any atom is 0.232 e. The van der Waals surface area contributed by atoms with Crippen molar-refractivity contribution in [1.82, 2.24) is 15.0 Å². The van der Waals surface area contributed by atoms with Gasteiger partial charge in [-0.15, -0.1) is 11.8 Å². The number of ether oxygens (including phenoxy) is 1. The minimum absolute atomic E-state index is 0.199. The summed E-state index contributed by atoms with van der Waals surface area (Å²) in [5, 5.41) is 3.13. The molecule has 0 unspecified atom stereocenters. The molecule has 2 aromatic carbocycles. The van der Waals surface area contributed by atoms with E-state index < -0.39 is 0 Å². The molecule has 3 N–H and O–H groups in total. The van der Waals surface area contributed by atoms with Crippen LogP contribution in [0.4, 0.5) is 17.6 Å². The van der Waals surface area contributed by atoms with Crippen LogP contribution in [0.25, 0.3) is 0 Å². The molecule has 6 nitrogen and oxygen atoms in total. The highest BCUT2D eigenvalue weighted by Gasteiger charge is 2.06. The molecule has 3 rings (SSSR count). The quantitative estimate of drug-likeness (QED) is 0.665. The molecule has 0 fully saturated rings. The van der Waals surface area contributed by atoms with Gasteiger partial charge in [0, 0.05) is 10.6 Å². The second kappa shape index (κ2) is 7.65. The summed E-state index contributed by atoms with van der Waals surface area (Å²) >= 11 is 1.61. The van der Waals surface area contributed by atoms with Crippen LogP contribution in [0.3, 0.4) is 0 Å². The number of thioether (sulfide) groups is 1. The van der Waals surface area contributed by atoms with E-state index in [1.54, 1.807) is 18.9 Å². The topological polar surface area (TPSA) is 86.0 Å². The van der Waals surface area contributed by atoms with Gasteiger partial charge >= 0.3 is 0 Å². The van der Waals surface area contributed by atoms with Crippen LogP contribution in [0.5, 0.6) is 5.75 Å². The Kier molecular flexibility index (Phi) is 5.12. The van der Waals surface area contributed by atoms with E-state index in [1.807, 2.05) is 54.6 Å². The van der Waals surface area contributed by atoms with Gasteiger partial charge in [-0.2, -0.15) is 15.0 Å². The lowest BCUT2D eigenvalue weighted by atomic mass is 10.3. The van der Waals surface area contributed by atoms with Gasteiger partial charge in [0.25, 0.3) is 0 Å². The zero-order valence-electron chi connectivity index (χ0n) is 13.1. The highest BCUT2D eigenvalue weighted by molar-refractivity contribution is 7.98. The molecule has 0 saturated carbocycles. The molecule has 0 bridgehead atoms. The van der Waals surface area contributed by atoms with E-state index in [9.17, 15) is 0 Å². The number of nitrogens with two attached hydrogens (primary N) is 1. The van der Waals surface area contributed by atoms with Crippen molar-refractivity contribution in [2.45, 2.75) is 10.6 Å². The largest absolute Gasteiger partial charge is 0.497 e. The summed E-state index contributed by atoms with van der Waals surface area (Å²) in [5.41, 5.74) is 6.69. The molecule has 0 radical (unpaired) electrons. The van der Waals surface area contributed by atoms with Crippen molar-refractivity contribution < 1.29 is 4.74 Å². The lowest BCUT2D eigenvalue weighted by Crippen LogP contribution is -2.06. The molecule has 122 valence electrons. The Morgan fingerprint density at radius 3 is 2.67 bits per heavy atom. The van der Waals surface area contributed by atoms with Crippen molar-refractivity contribution in [3.05, 3.63) is 60.4 Å². The summed E-state index contributed by atoms with van der Waals surface area (Å²) in [5.74, 6) is 2.67. The molecule has 24 heavy (non-hydrogen) atoms. The lowest BCUT2D eigenvalue weighted by molar-refractivity contribution is 0.413. The fraction of sp³-hybridized carbons (Fsp3) is 0.118. The Morgan fingerprint density at radius 2 is 1.88 bits per heavy atom. The van der Waals surface area contributed by atoms with Crippen LogP contribution in [-0.4, -0.2) is 22.1 Å². The first-order valence-corrected chi connectivity index (χ1v) is 8.31. The maximum atomic E-state index is 5.80. The summed E-state index contributed by atoms with van der Waals surface area (Å²) in [6.07, 6.45) is 0. The summed E-state index contributed by atoms with van der Waals surface area (Å²) in [6.45, 7) is 0. The molecule has 0 spiro atoms. The first kappa shape index (κ1) is 16.1. The molecular formula is C17H17N5OS. The second-order valence-electron chi connectivity index (χ2n) is 4.89. The number of nitrogens with zero attached hydrogens (tertiary/aromatic N) is 3. The van der Waals surface area contributed by atoms with Crippen molar-refractivity contribution in [3.63, 3.8) is 0 Å². The molecule has 0 aliphatic heterocycles. The lowest BCUT2D eigenvalue weighted by Gasteiger charge is -2.07. The Labute approximate surface area is 144 Å². The molecule has 0 amide bonds. The molecule has 1 heterocycles. The van der Waals surface area contributed by atoms with E-state index in [0.29, 0.717) is 17.5 Å². The Morgan fingerprint density at radius 1 is 1.04 bits per heavy atom. The van der Waals surface area contributed by atoms with E-state index >= 15 is 0 Å². The monoisotopic (exact) mass is 339 g/mol. The number of rotatable bonds is 6. The molecule has 0 atom stereocenters. The fourth-order valence-corrected chi connectivity index (χ4v) is 2.85. The third-order valence-electron chi connectivity index (χ3n) is 3.14. The zero-order chi connectivity index (χ0) is 16.8. The summed E-state index contributed by atoms with van der Waals surface area (Å²) in [4.78, 5) is 13.8. The average Bonchev–Trinajstić information content (AvgIpc) is 2.60. The normalized spacial score (nSPS) is 10.4. The Balaban J connectivity index is 1.71. The summed E-state index contributed by atoms with van der Waals surface area (Å²) in [6, 6.07) is 17.5. The minimum Gasteiger partial charge on any atom is -0.497 e. The summed E-state index contributed by atoms with van der Waals surface area (Å²) in [7, 11) is 1.65. The number of nitrogen functional groups attached to an aromatic ring is 1. The van der Waals surface area contributed by atoms with Gasteiger partial charge in [0.2, 0.25) is 11.9 Å². The van der Waals surface area contributed by atoms with Crippen LogP contribution < -0.4 is 15.8 Å². The minimum atomic E-state index is 0.199. The maximum absolute atomic E-state index is 5.80. The van der Waals surface area contributed by atoms with E-state index in [1.165, 1.54) is 0 Å². The van der Waals surface area contributed by atoms with Gasteiger partial charge in [0.05, 0.1) is 12.9 Å². The van der Waals surface area contributed by atoms with Crippen LogP contribution >= 0.6 is 11.8 Å². The molecule has 0 saturated heterocycles. The highest BCUT2D eigenvalue weighted by atomic mass is 32.2. The van der Waals surface area contributed by atoms with Crippen molar-refractivity contribution in [2.24, 2.45) is 0 Å². The van der Waals surface area contributed by atoms with Gasteiger partial charge < -0.3 is 15.8 Å². The first-order valence-electron chi connectivity index (χ1n) is 7.32. The van der Waals surface area contributed by atoms with E-state index in [4.69, 9.17) is 10.5 Å². The fourth-order valence-electron chi connectivity index (χ4n) is 2.05. The Hall–Kier alpha value is -2.80. The molecule has 3 aromatic rings. The number of benzene rings is 2. The smallest absolute Gasteiger partial charge is 0.232 e. The van der Waals surface area contributed by atoms with Crippen LogP contribution in [-0.2, 0) is 5.75 Å². The van der Waals surface area contributed by atoms with Gasteiger partial charge in [-0.1, -0.05) is 24.3 Å². The molecule has 1 aromatic heterocycles. The van der Waals surface area contributed by atoms with Crippen LogP contribution in [0, 0.1) is 0 Å². The van der Waals surface area contributed by atoms with Gasteiger partial charge in [-0.05, 0) is 30.3 Å². The number of anilines is 3. The predicted molar refractivity (Wildman–Crippen MR) is 96.5 cm³/mol. The number of nitrogens with one attached hydrogen (secondary N) is 1. The predicted octanol–water partition coefficient (Wildman–Crippen LogP) is 3.50. The van der Waals surface area contributed by atoms with Crippen molar-refractivity contribution >= 4 is 29.3 Å². The van der Waals surface area contributed by atoms with Gasteiger partial charge in [0.1, 0.15) is 11.6 Å². The number of aromatic nitrogens is 3. The molecule has 0 aliphatic rings. The van der Waals surface area contributed by atoms with E-state index in [0.717, 1.165) is 16.3 Å². The van der Waals surface area contributed by atoms with Crippen molar-refractivity contribution in [2.75, 3.05) is 18.2 Å². The molecule has 0 aliphatic carbocycles. The number of methoxy groups -OCH3 is 1. The van der Waals surface area contributed by atoms with Gasteiger partial charge in [0.15, 0.2) is 0 Å². The molecule has 7 heteroatoms. The van der Waals surface area contributed by atoms with E-state index in [2.05, 4.69) is 20.3 Å². The Bertz CT molecular complexity index is 813. The number of hydrogen-bond acceptors (Lipinski definition) is 7.